The summed E-state index contributed by atoms with van der Waals surface area (Å²) in [7, 11) is 3.41. The molecule has 2 aliphatic rings. The number of rotatable bonds is 8. The summed E-state index contributed by atoms with van der Waals surface area (Å²) in [5.74, 6) is 2.49. The maximum Gasteiger partial charge on any atom is 0.165 e. The number of benzene rings is 6. The molecule has 6 aromatic carbocycles. The highest BCUT2D eigenvalue weighted by Gasteiger charge is 2.56. The van der Waals surface area contributed by atoms with E-state index in [1.807, 2.05) is 18.2 Å². The summed E-state index contributed by atoms with van der Waals surface area (Å²) >= 11 is 0. The molecule has 49 heavy (non-hydrogen) atoms. The molecule has 0 aliphatic heterocycles. The van der Waals surface area contributed by atoms with E-state index in [-0.39, 0.29) is 16.2 Å². The highest BCUT2D eigenvalue weighted by Crippen LogP contribution is 2.63. The van der Waals surface area contributed by atoms with Gasteiger partial charge in [-0.3, -0.25) is 0 Å². The van der Waals surface area contributed by atoms with Gasteiger partial charge in [-0.15, -0.1) is 0 Å². The zero-order valence-electron chi connectivity index (χ0n) is 29.4. The van der Waals surface area contributed by atoms with Gasteiger partial charge in [0.25, 0.3) is 0 Å². The van der Waals surface area contributed by atoms with Gasteiger partial charge in [-0.05, 0) is 133 Å². The highest BCUT2D eigenvalue weighted by atomic mass is 17.2. The predicted octanol–water partition coefficient (Wildman–Crippen LogP) is 10.8. The molecule has 0 N–H and O–H groups in total. The summed E-state index contributed by atoms with van der Waals surface area (Å²) in [5, 5.41) is 4.71. The van der Waals surface area contributed by atoms with Crippen molar-refractivity contribution in [2.45, 2.75) is 69.8 Å². The highest BCUT2D eigenvalue weighted by molar-refractivity contribution is 5.85. The van der Waals surface area contributed by atoms with Crippen LogP contribution in [0.25, 0.3) is 21.5 Å². The monoisotopic (exact) mass is 648 g/mol. The molecule has 4 nitrogen and oxygen atoms in total. The lowest BCUT2D eigenvalue weighted by atomic mass is 9.72. The molecule has 0 aromatic heterocycles. The second-order valence-corrected chi connectivity index (χ2v) is 15.4. The van der Waals surface area contributed by atoms with Crippen molar-refractivity contribution >= 4 is 21.5 Å². The SMILES string of the molecule is COc1ccc2cc(COOc3ccc4c(c3)C3(CC(C)(C)c5ccc(Cc6ccc7cc(OC)ccc7c6)cc53)CC4(C)C)ccc2c1. The van der Waals surface area contributed by atoms with Gasteiger partial charge in [0.2, 0.25) is 0 Å². The predicted molar refractivity (Wildman–Crippen MR) is 198 cm³/mol. The fourth-order valence-corrected chi connectivity index (χ4v) is 8.94. The maximum absolute atomic E-state index is 6.02. The molecule has 0 fully saturated rings. The minimum Gasteiger partial charge on any atom is -0.497 e. The molecular formula is C45H44O4. The van der Waals surface area contributed by atoms with E-state index in [0.717, 1.165) is 52.8 Å². The topological polar surface area (TPSA) is 36.9 Å². The van der Waals surface area contributed by atoms with Crippen molar-refractivity contribution in [3.63, 3.8) is 0 Å². The first kappa shape index (κ1) is 31.5. The van der Waals surface area contributed by atoms with Gasteiger partial charge in [-0.2, -0.15) is 4.89 Å². The van der Waals surface area contributed by atoms with Gasteiger partial charge < -0.3 is 14.4 Å². The van der Waals surface area contributed by atoms with Crippen molar-refractivity contribution in [3.05, 3.63) is 148 Å². The first-order valence-electron chi connectivity index (χ1n) is 17.3. The van der Waals surface area contributed by atoms with Gasteiger partial charge in [-0.1, -0.05) is 94.4 Å². The Labute approximate surface area is 289 Å². The van der Waals surface area contributed by atoms with Crippen LogP contribution in [0.1, 0.15) is 79.5 Å². The van der Waals surface area contributed by atoms with Gasteiger partial charge in [0, 0.05) is 5.41 Å². The van der Waals surface area contributed by atoms with Crippen molar-refractivity contribution in [2.24, 2.45) is 0 Å². The number of fused-ring (bicyclic) bond motifs is 6. The largest absolute Gasteiger partial charge is 0.497 e. The van der Waals surface area contributed by atoms with Gasteiger partial charge in [0.1, 0.15) is 18.1 Å². The fraction of sp³-hybridized carbons (Fsp3) is 0.289. The molecule has 8 rings (SSSR count). The van der Waals surface area contributed by atoms with E-state index in [0.29, 0.717) is 6.61 Å². The van der Waals surface area contributed by atoms with E-state index in [1.54, 1.807) is 14.2 Å². The zero-order valence-corrected chi connectivity index (χ0v) is 29.4. The quantitative estimate of drug-likeness (QED) is 0.122. The fourth-order valence-electron chi connectivity index (χ4n) is 8.94. The van der Waals surface area contributed by atoms with Crippen LogP contribution in [-0.4, -0.2) is 14.2 Å². The standard InChI is InChI=1S/C45H44O4/c1-43(2)27-45(41-22-30(9-17-39(41)43)19-29-7-10-34-23-36(46-5)14-12-32(34)20-29)28-44(3,4)40-18-16-38(25-42(40)45)49-48-26-31-8-11-35-24-37(47-6)15-13-33(35)21-31/h7-18,20-25H,19,26-28H2,1-6H3. The molecule has 0 radical (unpaired) electrons. The van der Waals surface area contributed by atoms with E-state index < -0.39 is 0 Å². The summed E-state index contributed by atoms with van der Waals surface area (Å²) in [6, 6.07) is 39.3. The molecule has 4 heteroatoms. The molecule has 0 heterocycles. The average Bonchev–Trinajstić information content (AvgIpc) is 3.46. The molecule has 1 atom stereocenters. The third-order valence-electron chi connectivity index (χ3n) is 11.1. The van der Waals surface area contributed by atoms with E-state index in [4.69, 9.17) is 19.2 Å². The normalized spacial score (nSPS) is 18.5. The third kappa shape index (κ3) is 5.53. The third-order valence-corrected chi connectivity index (χ3v) is 11.1. The van der Waals surface area contributed by atoms with Crippen LogP contribution in [0.5, 0.6) is 17.2 Å². The van der Waals surface area contributed by atoms with Crippen molar-refractivity contribution in [1.29, 1.82) is 0 Å². The second kappa shape index (κ2) is 11.7. The lowest BCUT2D eigenvalue weighted by Gasteiger charge is -2.31. The lowest BCUT2D eigenvalue weighted by molar-refractivity contribution is -0.217. The van der Waals surface area contributed by atoms with Crippen molar-refractivity contribution in [3.8, 4) is 17.2 Å². The Morgan fingerprint density at radius 1 is 0.469 bits per heavy atom. The van der Waals surface area contributed by atoms with Crippen LogP contribution < -0.4 is 14.4 Å². The van der Waals surface area contributed by atoms with Gasteiger partial charge in [0.15, 0.2) is 5.75 Å². The van der Waals surface area contributed by atoms with Crippen LogP contribution in [0.3, 0.4) is 0 Å². The van der Waals surface area contributed by atoms with Crippen molar-refractivity contribution < 1.29 is 19.2 Å². The molecule has 2 aliphatic carbocycles. The first-order chi connectivity index (χ1) is 23.6. The van der Waals surface area contributed by atoms with E-state index >= 15 is 0 Å². The van der Waals surface area contributed by atoms with Crippen LogP contribution in [0.4, 0.5) is 0 Å². The summed E-state index contributed by atoms with van der Waals surface area (Å²) in [6.45, 7) is 9.97. The maximum atomic E-state index is 6.02. The number of methoxy groups -OCH3 is 2. The van der Waals surface area contributed by atoms with Crippen molar-refractivity contribution in [1.82, 2.24) is 0 Å². The number of hydrogen-bond acceptors (Lipinski definition) is 4. The summed E-state index contributed by atoms with van der Waals surface area (Å²) < 4.78 is 10.8. The number of ether oxygens (including phenoxy) is 2. The summed E-state index contributed by atoms with van der Waals surface area (Å²) in [5.41, 5.74) is 9.44. The minimum absolute atomic E-state index is 0.0373. The van der Waals surface area contributed by atoms with E-state index in [9.17, 15) is 0 Å². The van der Waals surface area contributed by atoms with Crippen LogP contribution in [0.15, 0.2) is 109 Å². The molecule has 6 aromatic rings. The minimum atomic E-state index is -0.0909. The van der Waals surface area contributed by atoms with Crippen LogP contribution in [-0.2, 0) is 34.2 Å². The Hall–Kier alpha value is -4.80. The Kier molecular flexibility index (Phi) is 7.49. The summed E-state index contributed by atoms with van der Waals surface area (Å²) in [4.78, 5) is 11.9. The van der Waals surface area contributed by atoms with Gasteiger partial charge in [-0.25, -0.2) is 0 Å². The molecule has 248 valence electrons. The summed E-state index contributed by atoms with van der Waals surface area (Å²) in [6.07, 6.45) is 3.03. The smallest absolute Gasteiger partial charge is 0.165 e. The molecule has 0 bridgehead atoms. The lowest BCUT2D eigenvalue weighted by Crippen LogP contribution is -2.27. The molecule has 0 amide bonds. The Morgan fingerprint density at radius 3 is 1.57 bits per heavy atom. The zero-order chi connectivity index (χ0) is 34.0. The number of hydrogen-bond donors (Lipinski definition) is 0. The molecule has 0 saturated carbocycles. The average molecular weight is 649 g/mol. The Bertz CT molecular complexity index is 2220. The van der Waals surface area contributed by atoms with Gasteiger partial charge in [0.05, 0.1) is 14.2 Å². The van der Waals surface area contributed by atoms with Crippen LogP contribution >= 0.6 is 0 Å². The Morgan fingerprint density at radius 2 is 0.939 bits per heavy atom. The molecule has 1 unspecified atom stereocenters. The molecule has 1 spiro atoms. The van der Waals surface area contributed by atoms with Crippen LogP contribution in [0, 0.1) is 0 Å². The first-order valence-corrected chi connectivity index (χ1v) is 17.3. The molecular weight excluding hydrogens is 604 g/mol. The second-order valence-electron chi connectivity index (χ2n) is 15.4. The molecule has 0 saturated heterocycles. The van der Waals surface area contributed by atoms with Crippen molar-refractivity contribution in [2.75, 3.05) is 14.2 Å². The Balaban J connectivity index is 1.08. The van der Waals surface area contributed by atoms with Crippen LogP contribution in [0.2, 0.25) is 0 Å². The van der Waals surface area contributed by atoms with E-state index in [1.165, 1.54) is 44.2 Å². The van der Waals surface area contributed by atoms with E-state index in [2.05, 4.69) is 119 Å². The van der Waals surface area contributed by atoms with Gasteiger partial charge >= 0.3 is 0 Å².